The summed E-state index contributed by atoms with van der Waals surface area (Å²) in [7, 11) is -9.63. The summed E-state index contributed by atoms with van der Waals surface area (Å²) >= 11 is 0. The molecule has 2 heterocycles. The number of nitrogens with one attached hydrogen (secondary N) is 1. The summed E-state index contributed by atoms with van der Waals surface area (Å²) in [5.74, 6) is 0.127. The van der Waals surface area contributed by atoms with Crippen molar-refractivity contribution in [2.24, 2.45) is 0 Å². The quantitative estimate of drug-likeness (QED) is 0.379. The van der Waals surface area contributed by atoms with Crippen LogP contribution in [0.4, 0.5) is 23.5 Å². The third kappa shape index (κ3) is 6.19. The molecule has 36 heavy (non-hydrogen) atoms. The lowest BCUT2D eigenvalue weighted by Gasteiger charge is -2.42. The van der Waals surface area contributed by atoms with Crippen LogP contribution in [0.3, 0.4) is 0 Å². The normalized spacial score (nSPS) is 19.8. The zero-order valence-electron chi connectivity index (χ0n) is 20.1. The van der Waals surface area contributed by atoms with Gasteiger partial charge in [0.25, 0.3) is 20.2 Å². The van der Waals surface area contributed by atoms with Gasteiger partial charge < -0.3 is 15.1 Å². The van der Waals surface area contributed by atoms with E-state index in [0.717, 1.165) is 24.5 Å². The SMILES string of the molecule is CC1CN(S(C)(=O)=O)C(C)CN1c1nc(Nc2cc(S(=O)(=O)O)ccc2S(=O)(=O)O)nc(N(C)C)n1. The van der Waals surface area contributed by atoms with Crippen molar-refractivity contribution >= 4 is 53.8 Å². The first-order valence-electron chi connectivity index (χ1n) is 10.4. The Morgan fingerprint density at radius 3 is 2.11 bits per heavy atom. The zero-order valence-corrected chi connectivity index (χ0v) is 22.5. The van der Waals surface area contributed by atoms with Gasteiger partial charge in [-0.25, -0.2) is 8.42 Å². The van der Waals surface area contributed by atoms with E-state index < -0.39 is 51.8 Å². The number of sulfonamides is 1. The summed E-state index contributed by atoms with van der Waals surface area (Å²) < 4.78 is 91.5. The van der Waals surface area contributed by atoms with Gasteiger partial charge in [-0.3, -0.25) is 9.11 Å². The minimum Gasteiger partial charge on any atom is -0.347 e. The summed E-state index contributed by atoms with van der Waals surface area (Å²) in [6.45, 7) is 3.96. The molecular formula is C18H27N7O8S3. The largest absolute Gasteiger partial charge is 0.347 e. The number of benzene rings is 1. The molecule has 0 amide bonds. The highest BCUT2D eigenvalue weighted by Crippen LogP contribution is 2.29. The zero-order chi connectivity index (χ0) is 27.2. The molecule has 200 valence electrons. The fraction of sp³-hybridized carbons (Fsp3) is 0.500. The van der Waals surface area contributed by atoms with E-state index in [2.05, 4.69) is 20.3 Å². The third-order valence-corrected chi connectivity index (χ3v) is 8.52. The van der Waals surface area contributed by atoms with Crippen molar-refractivity contribution in [1.29, 1.82) is 0 Å². The Balaban J connectivity index is 2.09. The van der Waals surface area contributed by atoms with Gasteiger partial charge in [-0.1, -0.05) is 0 Å². The minimum absolute atomic E-state index is 0.156. The average Bonchev–Trinajstić information content (AvgIpc) is 2.72. The second kappa shape index (κ2) is 9.67. The molecule has 1 saturated heterocycles. The number of hydrogen-bond donors (Lipinski definition) is 3. The number of anilines is 4. The van der Waals surface area contributed by atoms with Crippen LogP contribution in [0.5, 0.6) is 0 Å². The first kappa shape index (κ1) is 27.9. The molecule has 3 N–H and O–H groups in total. The van der Waals surface area contributed by atoms with Crippen LogP contribution in [0.1, 0.15) is 13.8 Å². The smallest absolute Gasteiger partial charge is 0.296 e. The summed E-state index contributed by atoms with van der Waals surface area (Å²) in [5, 5.41) is 2.59. The Morgan fingerprint density at radius 2 is 1.58 bits per heavy atom. The second-order valence-corrected chi connectivity index (χ2v) is 13.3. The predicted molar refractivity (Wildman–Crippen MR) is 131 cm³/mol. The monoisotopic (exact) mass is 565 g/mol. The molecule has 1 aliphatic heterocycles. The van der Waals surface area contributed by atoms with Gasteiger partial charge in [0.2, 0.25) is 27.9 Å². The van der Waals surface area contributed by atoms with Crippen LogP contribution in [-0.2, 0) is 30.3 Å². The Hall–Kier alpha value is -2.64. The van der Waals surface area contributed by atoms with E-state index in [1.165, 1.54) is 4.31 Å². The van der Waals surface area contributed by atoms with Crippen molar-refractivity contribution < 1.29 is 34.4 Å². The number of rotatable bonds is 7. The fourth-order valence-corrected chi connectivity index (χ4v) is 6.03. The predicted octanol–water partition coefficient (Wildman–Crippen LogP) is 0.0332. The van der Waals surface area contributed by atoms with Gasteiger partial charge >= 0.3 is 0 Å². The van der Waals surface area contributed by atoms with Crippen LogP contribution in [0.25, 0.3) is 0 Å². The van der Waals surface area contributed by atoms with Crippen molar-refractivity contribution in [1.82, 2.24) is 19.3 Å². The highest BCUT2D eigenvalue weighted by molar-refractivity contribution is 7.88. The Kier molecular flexibility index (Phi) is 7.51. The molecule has 1 aromatic carbocycles. The van der Waals surface area contributed by atoms with E-state index in [9.17, 15) is 34.4 Å². The van der Waals surface area contributed by atoms with E-state index in [1.54, 1.807) is 37.7 Å². The lowest BCUT2D eigenvalue weighted by molar-refractivity contribution is 0.273. The summed E-state index contributed by atoms with van der Waals surface area (Å²) in [5.41, 5.74) is -0.405. The standard InChI is InChI=1S/C18H27N7O8S3/c1-11-10-25(34(5,26)27)12(2)9-24(11)18-21-16(20-17(22-18)23(3)4)19-14-8-13(35(28,29)30)6-7-15(14)36(31,32)33/h6-8,11-12H,9-10H2,1-5H3,(H,28,29,30)(H,31,32,33)(H,19,20,21,22). The van der Waals surface area contributed by atoms with Crippen LogP contribution in [0.15, 0.2) is 28.0 Å². The lowest BCUT2D eigenvalue weighted by atomic mass is 10.1. The lowest BCUT2D eigenvalue weighted by Crippen LogP contribution is -2.58. The maximum absolute atomic E-state index is 12.1. The van der Waals surface area contributed by atoms with Crippen LogP contribution in [0, 0.1) is 0 Å². The van der Waals surface area contributed by atoms with E-state index in [0.29, 0.717) is 0 Å². The summed E-state index contributed by atoms with van der Waals surface area (Å²) in [4.78, 5) is 15.0. The molecule has 2 unspecified atom stereocenters. The van der Waals surface area contributed by atoms with Gasteiger partial charge in [0, 0.05) is 39.3 Å². The van der Waals surface area contributed by atoms with Gasteiger partial charge in [0.15, 0.2) is 0 Å². The van der Waals surface area contributed by atoms with Gasteiger partial charge in [-0.05, 0) is 32.0 Å². The molecule has 18 heteroatoms. The van der Waals surface area contributed by atoms with E-state index in [1.807, 2.05) is 0 Å². The Morgan fingerprint density at radius 1 is 0.944 bits per heavy atom. The van der Waals surface area contributed by atoms with Gasteiger partial charge in [0.05, 0.1) is 16.8 Å². The molecule has 2 aromatic rings. The number of hydrogen-bond acceptors (Lipinski definition) is 12. The second-order valence-electron chi connectivity index (χ2n) is 8.57. The average molecular weight is 566 g/mol. The van der Waals surface area contributed by atoms with Gasteiger partial charge in [-0.2, -0.15) is 36.1 Å². The molecule has 1 fully saturated rings. The highest BCUT2D eigenvalue weighted by atomic mass is 32.2. The summed E-state index contributed by atoms with van der Waals surface area (Å²) in [6.07, 6.45) is 1.13. The van der Waals surface area contributed by atoms with E-state index in [4.69, 9.17) is 0 Å². The highest BCUT2D eigenvalue weighted by Gasteiger charge is 2.35. The third-order valence-electron chi connectivity index (χ3n) is 5.40. The Labute approximate surface area is 209 Å². The molecule has 15 nitrogen and oxygen atoms in total. The molecule has 0 radical (unpaired) electrons. The molecule has 1 aliphatic rings. The molecule has 0 saturated carbocycles. The van der Waals surface area contributed by atoms with E-state index >= 15 is 0 Å². The number of nitrogens with zero attached hydrogens (tertiary/aromatic N) is 6. The Bertz CT molecular complexity index is 1480. The molecule has 1 aromatic heterocycles. The van der Waals surface area contributed by atoms with Crippen molar-refractivity contribution in [3.05, 3.63) is 18.2 Å². The van der Waals surface area contributed by atoms with Crippen molar-refractivity contribution in [2.45, 2.75) is 35.7 Å². The van der Waals surface area contributed by atoms with Crippen molar-refractivity contribution in [3.8, 4) is 0 Å². The van der Waals surface area contributed by atoms with Crippen molar-refractivity contribution in [2.75, 3.05) is 48.6 Å². The molecule has 0 bridgehead atoms. The first-order chi connectivity index (χ1) is 16.4. The van der Waals surface area contributed by atoms with Crippen LogP contribution in [-0.4, -0.2) is 99.1 Å². The molecule has 0 spiro atoms. The fourth-order valence-electron chi connectivity index (χ4n) is 3.69. The van der Waals surface area contributed by atoms with E-state index in [-0.39, 0.29) is 37.0 Å². The van der Waals surface area contributed by atoms with Crippen LogP contribution in [0.2, 0.25) is 0 Å². The van der Waals surface area contributed by atoms with Crippen LogP contribution >= 0.6 is 0 Å². The maximum Gasteiger partial charge on any atom is 0.296 e. The molecule has 3 rings (SSSR count). The molecular weight excluding hydrogens is 538 g/mol. The number of aromatic nitrogens is 3. The molecule has 0 aliphatic carbocycles. The first-order valence-corrected chi connectivity index (χ1v) is 15.1. The van der Waals surface area contributed by atoms with Crippen molar-refractivity contribution in [3.63, 3.8) is 0 Å². The van der Waals surface area contributed by atoms with Crippen LogP contribution < -0.4 is 15.1 Å². The van der Waals surface area contributed by atoms with Gasteiger partial charge in [0.1, 0.15) is 4.90 Å². The minimum atomic E-state index is -4.80. The topological polar surface area (TPSA) is 203 Å². The molecule has 2 atom stereocenters. The number of piperazine rings is 1. The summed E-state index contributed by atoms with van der Waals surface area (Å²) in [6, 6.07) is 1.71. The van der Waals surface area contributed by atoms with Gasteiger partial charge in [-0.15, -0.1) is 0 Å². The maximum atomic E-state index is 12.1.